The van der Waals surface area contributed by atoms with Crippen LogP contribution in [0.2, 0.25) is 5.02 Å². The summed E-state index contributed by atoms with van der Waals surface area (Å²) in [6, 6.07) is 2.11. The number of anilines is 2. The van der Waals surface area contributed by atoms with Gasteiger partial charge in [-0.1, -0.05) is 17.5 Å². The van der Waals surface area contributed by atoms with Crippen LogP contribution < -0.4 is 21.5 Å². The summed E-state index contributed by atoms with van der Waals surface area (Å²) < 4.78 is 16.9. The number of aliphatic hydroxyl groups excluding tert-OH is 1. The van der Waals surface area contributed by atoms with Gasteiger partial charge in [-0.2, -0.15) is 4.39 Å². The number of halogens is 2. The minimum atomic E-state index is -1.23. The second kappa shape index (κ2) is 10.7. The average molecular weight is 581 g/mol. The SMILES string of the molecule is CN(C)C1CN(c2cc(NC(=O)Cn3cc(C4C#CC(F)=C(O)C(C(N)=O)=C4)c4c(=O)n(C)cnc43)c(Cl)cn2)C1. The van der Waals surface area contributed by atoms with E-state index in [1.54, 1.807) is 6.07 Å². The minimum absolute atomic E-state index is 0.112. The van der Waals surface area contributed by atoms with Crippen LogP contribution in [0.3, 0.4) is 0 Å². The molecule has 41 heavy (non-hydrogen) atoms. The Morgan fingerprint density at radius 3 is 2.73 bits per heavy atom. The normalized spacial score (nSPS) is 17.2. The molecule has 5 rings (SSSR count). The van der Waals surface area contributed by atoms with Gasteiger partial charge in [-0.25, -0.2) is 9.97 Å². The van der Waals surface area contributed by atoms with Crippen molar-refractivity contribution in [2.24, 2.45) is 12.8 Å². The van der Waals surface area contributed by atoms with Gasteiger partial charge in [-0.15, -0.1) is 0 Å². The summed E-state index contributed by atoms with van der Waals surface area (Å²) in [6.45, 7) is 1.32. The van der Waals surface area contributed by atoms with Crippen molar-refractivity contribution in [3.05, 3.63) is 69.0 Å². The van der Waals surface area contributed by atoms with Gasteiger partial charge < -0.3 is 35.1 Å². The number of hydrogen-bond acceptors (Lipinski definition) is 8. The number of pyridine rings is 1. The first kappa shape index (κ1) is 27.9. The van der Waals surface area contributed by atoms with Gasteiger partial charge in [0.25, 0.3) is 11.5 Å². The summed E-state index contributed by atoms with van der Waals surface area (Å²) in [4.78, 5) is 51.1. The molecule has 2 aliphatic rings. The lowest BCUT2D eigenvalue weighted by molar-refractivity contribution is -0.117. The molecule has 0 bridgehead atoms. The van der Waals surface area contributed by atoms with Crippen molar-refractivity contribution < 1.29 is 19.1 Å². The Labute approximate surface area is 238 Å². The fourth-order valence-corrected chi connectivity index (χ4v) is 4.78. The molecule has 1 aliphatic carbocycles. The van der Waals surface area contributed by atoms with E-state index in [4.69, 9.17) is 17.3 Å². The van der Waals surface area contributed by atoms with Crippen molar-refractivity contribution in [1.82, 2.24) is 24.0 Å². The van der Waals surface area contributed by atoms with Crippen LogP contribution in [0.25, 0.3) is 11.0 Å². The molecule has 1 aliphatic heterocycles. The van der Waals surface area contributed by atoms with Crippen LogP contribution in [0.5, 0.6) is 0 Å². The van der Waals surface area contributed by atoms with Gasteiger partial charge in [-0.3, -0.25) is 14.4 Å². The highest BCUT2D eigenvalue weighted by atomic mass is 35.5. The predicted octanol–water partition coefficient (Wildman–Crippen LogP) is 1.42. The fourth-order valence-electron chi connectivity index (χ4n) is 4.63. The first-order valence-electron chi connectivity index (χ1n) is 12.5. The molecule has 2 amide bonds. The van der Waals surface area contributed by atoms with E-state index in [2.05, 4.69) is 36.9 Å². The Hall–Kier alpha value is -4.67. The van der Waals surface area contributed by atoms with Gasteiger partial charge in [-0.05, 0) is 26.1 Å². The highest BCUT2D eigenvalue weighted by Gasteiger charge is 2.30. The molecule has 3 aromatic rings. The molecule has 0 saturated carbocycles. The van der Waals surface area contributed by atoms with Gasteiger partial charge in [0.15, 0.2) is 5.76 Å². The molecule has 0 aromatic carbocycles. The van der Waals surface area contributed by atoms with Gasteiger partial charge >= 0.3 is 0 Å². The molecule has 3 aromatic heterocycles. The predicted molar refractivity (Wildman–Crippen MR) is 151 cm³/mol. The minimum Gasteiger partial charge on any atom is -0.504 e. The Morgan fingerprint density at radius 2 is 2.05 bits per heavy atom. The summed E-state index contributed by atoms with van der Waals surface area (Å²) in [6.07, 6.45) is 5.44. The molecule has 14 heteroatoms. The third kappa shape index (κ3) is 5.27. The van der Waals surface area contributed by atoms with Crippen LogP contribution in [-0.2, 0) is 23.2 Å². The van der Waals surface area contributed by atoms with E-state index in [0.29, 0.717) is 17.5 Å². The number of nitrogens with one attached hydrogen (secondary N) is 1. The zero-order valence-corrected chi connectivity index (χ0v) is 23.1. The maximum atomic E-state index is 14.2. The number of carbonyl (C=O) groups is 2. The number of aromatic nitrogens is 4. The van der Waals surface area contributed by atoms with Crippen molar-refractivity contribution in [2.45, 2.75) is 18.5 Å². The molecule has 12 nitrogen and oxygen atoms in total. The van der Waals surface area contributed by atoms with E-state index in [1.807, 2.05) is 14.1 Å². The smallest absolute Gasteiger partial charge is 0.262 e. The van der Waals surface area contributed by atoms with Gasteiger partial charge in [0.05, 0.1) is 40.1 Å². The first-order valence-corrected chi connectivity index (χ1v) is 12.9. The zero-order valence-electron chi connectivity index (χ0n) is 22.4. The maximum absolute atomic E-state index is 14.2. The molecule has 212 valence electrons. The number of carbonyl (C=O) groups excluding carboxylic acids is 2. The van der Waals surface area contributed by atoms with Crippen molar-refractivity contribution in [3.63, 3.8) is 0 Å². The quantitative estimate of drug-likeness (QED) is 0.355. The Morgan fingerprint density at radius 1 is 1.32 bits per heavy atom. The van der Waals surface area contributed by atoms with Crippen molar-refractivity contribution in [2.75, 3.05) is 37.4 Å². The van der Waals surface area contributed by atoms with Crippen LogP contribution in [0.15, 0.2) is 52.8 Å². The molecular formula is C27H26ClFN8O4. The van der Waals surface area contributed by atoms with E-state index >= 15 is 0 Å². The molecule has 4 heterocycles. The zero-order chi connectivity index (χ0) is 29.6. The number of aryl methyl sites for hydroxylation is 1. The van der Waals surface area contributed by atoms with E-state index in [9.17, 15) is 23.9 Å². The molecule has 1 atom stereocenters. The molecule has 1 fully saturated rings. The fraction of sp³-hybridized carbons (Fsp3) is 0.296. The largest absolute Gasteiger partial charge is 0.504 e. The molecule has 1 unspecified atom stereocenters. The third-order valence-corrected chi connectivity index (χ3v) is 7.35. The Bertz CT molecular complexity index is 1780. The monoisotopic (exact) mass is 580 g/mol. The average Bonchev–Trinajstić information content (AvgIpc) is 3.16. The van der Waals surface area contributed by atoms with Crippen molar-refractivity contribution in [3.8, 4) is 11.8 Å². The summed E-state index contributed by atoms with van der Waals surface area (Å²) in [5, 5.41) is 13.2. The second-order valence-corrected chi connectivity index (χ2v) is 10.4. The summed E-state index contributed by atoms with van der Waals surface area (Å²) in [5.41, 5.74) is 5.19. The second-order valence-electron chi connectivity index (χ2n) is 10.0. The number of allylic oxidation sites excluding steroid dienone is 2. The van der Waals surface area contributed by atoms with Crippen LogP contribution >= 0.6 is 11.6 Å². The summed E-state index contributed by atoms with van der Waals surface area (Å²) in [5.74, 6) is 0.672. The number of aliphatic hydroxyl groups is 1. The highest BCUT2D eigenvalue weighted by molar-refractivity contribution is 6.33. The number of nitrogens with zero attached hydrogens (tertiary/aromatic N) is 6. The number of nitrogens with two attached hydrogens (primary N) is 1. The molecule has 1 saturated heterocycles. The number of likely N-dealkylation sites (N-methyl/N-ethyl adjacent to an activating group) is 1. The third-order valence-electron chi connectivity index (χ3n) is 7.05. The number of fused-ring (bicyclic) bond motifs is 1. The molecular weight excluding hydrogens is 555 g/mol. The standard InChI is InChI=1S/C27H26ClFN8O4/c1-34(2)15-9-36(10-15)21-7-20(18(28)8-31-21)33-22(38)12-37-11-17(23-26(37)32-13-35(3)27(23)41)14-4-5-19(29)24(39)16(6-14)25(30)40/h6-8,11,13-15,39H,9-10,12H2,1-3H3,(H2,30,40)(H,31,33,38). The number of hydrogen-bond donors (Lipinski definition) is 3. The molecule has 0 spiro atoms. The van der Waals surface area contributed by atoms with Crippen molar-refractivity contribution >= 4 is 46.0 Å². The van der Waals surface area contributed by atoms with Crippen molar-refractivity contribution in [1.29, 1.82) is 0 Å². The lowest BCUT2D eigenvalue weighted by Gasteiger charge is -2.43. The van der Waals surface area contributed by atoms with Gasteiger partial charge in [0.1, 0.15) is 18.0 Å². The van der Waals surface area contributed by atoms with E-state index < -0.39 is 40.5 Å². The summed E-state index contributed by atoms with van der Waals surface area (Å²) >= 11 is 6.32. The molecule has 4 N–H and O–H groups in total. The number of amides is 2. The Kier molecular flexibility index (Phi) is 7.29. The van der Waals surface area contributed by atoms with Crippen LogP contribution in [0.1, 0.15) is 11.5 Å². The van der Waals surface area contributed by atoms with Gasteiger partial charge in [0, 0.05) is 44.0 Å². The Balaban J connectivity index is 1.46. The first-order chi connectivity index (χ1) is 19.4. The lowest BCUT2D eigenvalue weighted by atomic mass is 9.97. The summed E-state index contributed by atoms with van der Waals surface area (Å²) in [7, 11) is 5.53. The van der Waals surface area contributed by atoms with E-state index in [0.717, 1.165) is 13.1 Å². The van der Waals surface area contributed by atoms with Crippen LogP contribution in [-0.4, -0.2) is 74.1 Å². The van der Waals surface area contributed by atoms with E-state index in [-0.39, 0.29) is 28.2 Å². The van der Waals surface area contributed by atoms with Crippen LogP contribution in [0, 0.1) is 11.8 Å². The lowest BCUT2D eigenvalue weighted by Crippen LogP contribution is -2.57. The number of rotatable bonds is 7. The topological polar surface area (TPSA) is 152 Å². The van der Waals surface area contributed by atoms with Gasteiger partial charge in [0.2, 0.25) is 11.7 Å². The highest BCUT2D eigenvalue weighted by Crippen LogP contribution is 2.31. The maximum Gasteiger partial charge on any atom is 0.262 e. The molecule has 0 radical (unpaired) electrons. The van der Waals surface area contributed by atoms with E-state index in [1.165, 1.54) is 41.0 Å². The van der Waals surface area contributed by atoms with Crippen LogP contribution in [0.4, 0.5) is 15.9 Å². The number of primary amides is 1.